The van der Waals surface area contributed by atoms with Crippen molar-refractivity contribution in [2.24, 2.45) is 0 Å². The molecule has 0 aliphatic rings. The first-order chi connectivity index (χ1) is 7.11. The normalized spacial score (nSPS) is 10.0. The average molecular weight is 217 g/mol. The Morgan fingerprint density at radius 3 is 2.47 bits per heavy atom. The molecule has 0 radical (unpaired) electrons. The highest BCUT2D eigenvalue weighted by molar-refractivity contribution is 5.78. The van der Waals surface area contributed by atoms with Gasteiger partial charge in [-0.1, -0.05) is 13.3 Å². The summed E-state index contributed by atoms with van der Waals surface area (Å²) in [6, 6.07) is 0. The molecule has 1 N–H and O–H groups in total. The summed E-state index contributed by atoms with van der Waals surface area (Å²) in [7, 11) is 1.45. The van der Waals surface area contributed by atoms with E-state index in [0.717, 1.165) is 12.8 Å². The van der Waals surface area contributed by atoms with E-state index in [9.17, 15) is 9.59 Å². The minimum Gasteiger partial charge on any atom is -0.481 e. The molecule has 0 bridgehead atoms. The van der Waals surface area contributed by atoms with Crippen LogP contribution in [0.4, 0.5) is 0 Å². The van der Waals surface area contributed by atoms with Crippen molar-refractivity contribution in [3.63, 3.8) is 0 Å². The lowest BCUT2D eigenvalue weighted by Gasteiger charge is -2.21. The lowest BCUT2D eigenvalue weighted by Crippen LogP contribution is -2.36. The number of amides is 1. The van der Waals surface area contributed by atoms with E-state index in [2.05, 4.69) is 0 Å². The van der Waals surface area contributed by atoms with Crippen molar-refractivity contribution in [1.29, 1.82) is 0 Å². The molecule has 5 nitrogen and oxygen atoms in total. The Bertz CT molecular complexity index is 206. The van der Waals surface area contributed by atoms with Gasteiger partial charge in [-0.3, -0.25) is 9.59 Å². The zero-order valence-corrected chi connectivity index (χ0v) is 9.36. The second-order valence-electron chi connectivity index (χ2n) is 3.31. The van der Waals surface area contributed by atoms with Crippen LogP contribution in [0.3, 0.4) is 0 Å². The summed E-state index contributed by atoms with van der Waals surface area (Å²) < 4.78 is 4.73. The van der Waals surface area contributed by atoms with Gasteiger partial charge in [-0.2, -0.15) is 0 Å². The highest BCUT2D eigenvalue weighted by Gasteiger charge is 2.13. The third-order valence-electron chi connectivity index (χ3n) is 2.00. The van der Waals surface area contributed by atoms with E-state index in [0.29, 0.717) is 6.54 Å². The number of rotatable bonds is 8. The SMILES string of the molecule is CCCCN(CCC(=O)O)C(=O)COC. The molecule has 0 unspecified atom stereocenters. The highest BCUT2D eigenvalue weighted by atomic mass is 16.5. The smallest absolute Gasteiger partial charge is 0.305 e. The van der Waals surface area contributed by atoms with Gasteiger partial charge in [0.2, 0.25) is 5.91 Å². The Labute approximate surface area is 90.0 Å². The van der Waals surface area contributed by atoms with Crippen molar-refractivity contribution in [3.05, 3.63) is 0 Å². The van der Waals surface area contributed by atoms with Crippen LogP contribution in [-0.4, -0.2) is 48.7 Å². The number of carboxylic acid groups (broad SMARTS) is 1. The number of aliphatic carboxylic acids is 1. The van der Waals surface area contributed by atoms with Crippen LogP contribution in [0, 0.1) is 0 Å². The van der Waals surface area contributed by atoms with Gasteiger partial charge in [0.25, 0.3) is 0 Å². The molecule has 0 aromatic carbocycles. The van der Waals surface area contributed by atoms with Crippen molar-refractivity contribution in [2.75, 3.05) is 26.8 Å². The van der Waals surface area contributed by atoms with E-state index in [1.165, 1.54) is 7.11 Å². The summed E-state index contributed by atoms with van der Waals surface area (Å²) >= 11 is 0. The Kier molecular flexibility index (Phi) is 7.62. The van der Waals surface area contributed by atoms with E-state index in [1.807, 2.05) is 6.92 Å². The maximum atomic E-state index is 11.5. The summed E-state index contributed by atoms with van der Waals surface area (Å²) in [5.41, 5.74) is 0. The summed E-state index contributed by atoms with van der Waals surface area (Å²) in [6.07, 6.45) is 1.85. The Morgan fingerprint density at radius 1 is 1.33 bits per heavy atom. The maximum absolute atomic E-state index is 11.5. The Balaban J connectivity index is 4.04. The van der Waals surface area contributed by atoms with Crippen LogP contribution in [0.15, 0.2) is 0 Å². The minimum atomic E-state index is -0.887. The Morgan fingerprint density at radius 2 is 2.00 bits per heavy atom. The molecule has 0 saturated heterocycles. The fraction of sp³-hybridized carbons (Fsp3) is 0.800. The van der Waals surface area contributed by atoms with Gasteiger partial charge in [0.15, 0.2) is 0 Å². The maximum Gasteiger partial charge on any atom is 0.305 e. The van der Waals surface area contributed by atoms with Gasteiger partial charge >= 0.3 is 5.97 Å². The van der Waals surface area contributed by atoms with Crippen molar-refractivity contribution < 1.29 is 19.4 Å². The van der Waals surface area contributed by atoms with Gasteiger partial charge in [-0.15, -0.1) is 0 Å². The molecule has 0 rings (SSSR count). The second-order valence-corrected chi connectivity index (χ2v) is 3.31. The number of hydrogen-bond donors (Lipinski definition) is 1. The summed E-state index contributed by atoms with van der Waals surface area (Å²) in [6.45, 7) is 2.91. The number of unbranched alkanes of at least 4 members (excludes halogenated alkanes) is 1. The van der Waals surface area contributed by atoms with Crippen molar-refractivity contribution in [3.8, 4) is 0 Å². The van der Waals surface area contributed by atoms with Gasteiger partial charge in [0, 0.05) is 20.2 Å². The molecule has 15 heavy (non-hydrogen) atoms. The van der Waals surface area contributed by atoms with E-state index in [1.54, 1.807) is 4.90 Å². The zero-order chi connectivity index (χ0) is 11.7. The van der Waals surface area contributed by atoms with Crippen LogP contribution in [0.2, 0.25) is 0 Å². The summed E-state index contributed by atoms with van der Waals surface area (Å²) in [5, 5.41) is 8.53. The third kappa shape index (κ3) is 6.90. The molecule has 0 saturated carbocycles. The number of carbonyl (C=O) groups is 2. The molecule has 0 atom stereocenters. The summed E-state index contributed by atoms with van der Waals surface area (Å²) in [4.78, 5) is 23.4. The van der Waals surface area contributed by atoms with E-state index in [4.69, 9.17) is 9.84 Å². The predicted octanol–water partition coefficient (Wildman–Crippen LogP) is 0.736. The van der Waals surface area contributed by atoms with Crippen LogP contribution in [0.1, 0.15) is 26.2 Å². The number of ether oxygens (including phenoxy) is 1. The molecule has 0 fully saturated rings. The first kappa shape index (κ1) is 13.9. The van der Waals surface area contributed by atoms with Crippen molar-refractivity contribution in [2.45, 2.75) is 26.2 Å². The predicted molar refractivity (Wildman–Crippen MR) is 55.6 cm³/mol. The zero-order valence-electron chi connectivity index (χ0n) is 9.36. The second kappa shape index (κ2) is 8.23. The molecule has 88 valence electrons. The Hall–Kier alpha value is -1.10. The number of carboxylic acids is 1. The molecular weight excluding hydrogens is 198 g/mol. The van der Waals surface area contributed by atoms with Gasteiger partial charge in [-0.25, -0.2) is 0 Å². The third-order valence-corrected chi connectivity index (χ3v) is 2.00. The summed E-state index contributed by atoms with van der Waals surface area (Å²) in [5.74, 6) is -1.03. The number of hydrogen-bond acceptors (Lipinski definition) is 3. The largest absolute Gasteiger partial charge is 0.481 e. The van der Waals surface area contributed by atoms with Crippen molar-refractivity contribution >= 4 is 11.9 Å². The topological polar surface area (TPSA) is 66.8 Å². The number of carbonyl (C=O) groups excluding carboxylic acids is 1. The van der Waals surface area contributed by atoms with Crippen LogP contribution in [-0.2, 0) is 14.3 Å². The molecule has 0 heterocycles. The van der Waals surface area contributed by atoms with Crippen LogP contribution < -0.4 is 0 Å². The molecule has 1 amide bonds. The fourth-order valence-electron chi connectivity index (χ4n) is 1.16. The van der Waals surface area contributed by atoms with E-state index >= 15 is 0 Å². The quantitative estimate of drug-likeness (QED) is 0.651. The standard InChI is InChI=1S/C10H19NO4/c1-3-4-6-11(7-5-10(13)14)9(12)8-15-2/h3-8H2,1-2H3,(H,13,14). The molecule has 5 heteroatoms. The molecule has 0 spiro atoms. The number of methoxy groups -OCH3 is 1. The lowest BCUT2D eigenvalue weighted by atomic mass is 10.3. The van der Waals surface area contributed by atoms with Gasteiger partial charge in [0.05, 0.1) is 6.42 Å². The fourth-order valence-corrected chi connectivity index (χ4v) is 1.16. The van der Waals surface area contributed by atoms with Crippen LogP contribution in [0.25, 0.3) is 0 Å². The van der Waals surface area contributed by atoms with Gasteiger partial charge < -0.3 is 14.7 Å². The number of nitrogens with zero attached hydrogens (tertiary/aromatic N) is 1. The first-order valence-electron chi connectivity index (χ1n) is 5.10. The first-order valence-corrected chi connectivity index (χ1v) is 5.10. The van der Waals surface area contributed by atoms with E-state index < -0.39 is 5.97 Å². The molecule has 0 aliphatic carbocycles. The van der Waals surface area contributed by atoms with Crippen LogP contribution in [0.5, 0.6) is 0 Å². The molecule has 0 aromatic heterocycles. The van der Waals surface area contributed by atoms with E-state index in [-0.39, 0.29) is 25.5 Å². The van der Waals surface area contributed by atoms with Crippen LogP contribution >= 0.6 is 0 Å². The average Bonchev–Trinajstić information content (AvgIpc) is 2.17. The minimum absolute atomic E-state index is 0.0147. The van der Waals surface area contributed by atoms with Gasteiger partial charge in [-0.05, 0) is 6.42 Å². The monoisotopic (exact) mass is 217 g/mol. The highest BCUT2D eigenvalue weighted by Crippen LogP contribution is 1.98. The van der Waals surface area contributed by atoms with Gasteiger partial charge in [0.1, 0.15) is 6.61 Å². The molecular formula is C10H19NO4. The molecule has 0 aromatic rings. The molecule has 0 aliphatic heterocycles. The lowest BCUT2D eigenvalue weighted by molar-refractivity contribution is -0.139. The van der Waals surface area contributed by atoms with Crippen molar-refractivity contribution in [1.82, 2.24) is 4.90 Å².